The predicted molar refractivity (Wildman–Crippen MR) is 131 cm³/mol. The number of anilines is 1. The molecule has 0 aromatic heterocycles. The molecule has 4 rings (SSSR count). The van der Waals surface area contributed by atoms with Gasteiger partial charge in [0.25, 0.3) is 0 Å². The van der Waals surface area contributed by atoms with Crippen molar-refractivity contribution < 1.29 is 32.2 Å². The molecule has 35 heavy (non-hydrogen) atoms. The molecule has 0 unspecified atom stereocenters. The first-order valence-corrected chi connectivity index (χ1v) is 12.4. The van der Waals surface area contributed by atoms with Gasteiger partial charge in [0.05, 0.1) is 17.8 Å². The van der Waals surface area contributed by atoms with Crippen LogP contribution in [0.5, 0.6) is 5.75 Å². The predicted octanol–water partition coefficient (Wildman–Crippen LogP) is 4.14. The fourth-order valence-corrected chi connectivity index (χ4v) is 5.22. The third-order valence-electron chi connectivity index (χ3n) is 6.03. The van der Waals surface area contributed by atoms with Crippen molar-refractivity contribution >= 4 is 28.3 Å². The molecule has 0 fully saturated rings. The average Bonchev–Trinajstić information content (AvgIpc) is 3.24. The Balaban J connectivity index is 0.00000167. The number of carbonyl (C=O) groups excluding carboxylic acids is 1. The molecule has 184 valence electrons. The number of carboxylic acids is 1. The Kier molecular flexibility index (Phi) is 7.60. The molecule has 3 aromatic rings. The molecule has 1 aliphatic carbocycles. The zero-order chi connectivity index (χ0) is 25.8. The summed E-state index contributed by atoms with van der Waals surface area (Å²) in [7, 11) is -2.14. The molecule has 1 aliphatic rings. The molecular formula is C26H26FNO6S. The van der Waals surface area contributed by atoms with Crippen molar-refractivity contribution in [1.29, 1.82) is 0 Å². The van der Waals surface area contributed by atoms with Crippen LogP contribution >= 0.6 is 0 Å². The van der Waals surface area contributed by atoms with Gasteiger partial charge in [-0.25, -0.2) is 17.6 Å². The summed E-state index contributed by atoms with van der Waals surface area (Å²) in [5.41, 5.74) is 1.57. The number of hydrogen-bond acceptors (Lipinski definition) is 6. The van der Waals surface area contributed by atoms with E-state index in [9.17, 15) is 18.3 Å². The highest BCUT2D eigenvalue weighted by Gasteiger charge is 2.44. The Labute approximate surface area is 203 Å². The quantitative estimate of drug-likeness (QED) is 0.503. The van der Waals surface area contributed by atoms with E-state index in [1.165, 1.54) is 25.3 Å². The fraction of sp³-hybridized carbons (Fsp3) is 0.231. The Morgan fingerprint density at radius 3 is 2.26 bits per heavy atom. The minimum Gasteiger partial charge on any atom is -0.493 e. The van der Waals surface area contributed by atoms with E-state index < -0.39 is 27.2 Å². The van der Waals surface area contributed by atoms with E-state index >= 15 is 4.39 Å². The third kappa shape index (κ3) is 5.05. The topological polar surface area (TPSA) is 110 Å². The van der Waals surface area contributed by atoms with Gasteiger partial charge >= 0.3 is 5.97 Å². The first-order valence-electron chi connectivity index (χ1n) is 10.8. The van der Waals surface area contributed by atoms with Crippen molar-refractivity contribution in [1.82, 2.24) is 0 Å². The number of hydrogen-bond donors (Lipinski definition) is 2. The maximum absolute atomic E-state index is 15.0. The second kappa shape index (κ2) is 10.3. The highest BCUT2D eigenvalue weighted by Crippen LogP contribution is 2.39. The number of sulfone groups is 1. The molecule has 0 spiro atoms. The summed E-state index contributed by atoms with van der Waals surface area (Å²) in [6.45, 7) is 3.55. The van der Waals surface area contributed by atoms with Gasteiger partial charge in [0, 0.05) is 30.2 Å². The molecule has 0 amide bonds. The molecule has 2 N–H and O–H groups in total. The second-order valence-electron chi connectivity index (χ2n) is 8.10. The number of rotatable bonds is 7. The lowest BCUT2D eigenvalue weighted by atomic mass is 9.94. The van der Waals surface area contributed by atoms with Gasteiger partial charge in [-0.15, -0.1) is 0 Å². The third-order valence-corrected chi connectivity index (χ3v) is 7.76. The first-order chi connectivity index (χ1) is 16.7. The Hall–Kier alpha value is -3.72. The maximum Gasteiger partial charge on any atom is 0.330 e. The van der Waals surface area contributed by atoms with Gasteiger partial charge < -0.3 is 20.0 Å². The first kappa shape index (κ1) is 25.9. The van der Waals surface area contributed by atoms with Crippen LogP contribution in [-0.4, -0.2) is 44.7 Å². The van der Waals surface area contributed by atoms with E-state index in [-0.39, 0.29) is 34.9 Å². The molecule has 0 radical (unpaired) electrons. The van der Waals surface area contributed by atoms with E-state index in [0.29, 0.717) is 11.1 Å². The van der Waals surface area contributed by atoms with Crippen LogP contribution in [0.1, 0.15) is 18.1 Å². The van der Waals surface area contributed by atoms with Gasteiger partial charge in [-0.2, -0.15) is 0 Å². The SMILES string of the molecule is C=O.CCS(=O)(=O)c1cccc(-c2cc(NC3(C(=O)O)Cc4ccccc4C3)cc(F)c2OC)c1. The minimum absolute atomic E-state index is 0.0503. The molecule has 0 saturated carbocycles. The van der Waals surface area contributed by atoms with Crippen molar-refractivity contribution in [3.63, 3.8) is 0 Å². The Morgan fingerprint density at radius 2 is 1.71 bits per heavy atom. The van der Waals surface area contributed by atoms with Crippen LogP contribution in [0.4, 0.5) is 10.1 Å². The summed E-state index contributed by atoms with van der Waals surface area (Å²) in [6, 6.07) is 16.5. The van der Waals surface area contributed by atoms with E-state index in [0.717, 1.165) is 11.1 Å². The molecule has 0 bridgehead atoms. The van der Waals surface area contributed by atoms with Gasteiger partial charge in [-0.1, -0.05) is 43.3 Å². The van der Waals surface area contributed by atoms with E-state index in [2.05, 4.69) is 5.32 Å². The lowest BCUT2D eigenvalue weighted by Gasteiger charge is -2.27. The summed E-state index contributed by atoms with van der Waals surface area (Å²) in [4.78, 5) is 20.4. The monoisotopic (exact) mass is 499 g/mol. The van der Waals surface area contributed by atoms with Gasteiger partial charge in [0.2, 0.25) is 0 Å². The highest BCUT2D eigenvalue weighted by atomic mass is 32.2. The molecule has 0 aliphatic heterocycles. The summed E-state index contributed by atoms with van der Waals surface area (Å²) in [5, 5.41) is 13.1. The summed E-state index contributed by atoms with van der Waals surface area (Å²) in [5.74, 6) is -1.83. The van der Waals surface area contributed by atoms with E-state index in [4.69, 9.17) is 9.53 Å². The van der Waals surface area contributed by atoms with Gasteiger partial charge in [-0.3, -0.25) is 0 Å². The van der Waals surface area contributed by atoms with Crippen LogP contribution < -0.4 is 10.1 Å². The maximum atomic E-state index is 15.0. The molecule has 9 heteroatoms. The molecule has 0 atom stereocenters. The number of ether oxygens (including phenoxy) is 1. The van der Waals surface area contributed by atoms with Crippen molar-refractivity contribution in [3.8, 4) is 16.9 Å². The molecule has 3 aromatic carbocycles. The standard InChI is InChI=1S/C25H24FNO5S.CH2O/c1-3-33(30,31)20-10-6-9-16(11-20)21-12-19(13-22(26)23(21)32-2)27-25(24(28)29)14-17-7-4-5-8-18(17)15-25;1-2/h4-13,27H,3,14-15H2,1-2H3,(H,28,29);1H2. The number of carboxylic acid groups (broad SMARTS) is 1. The Morgan fingerprint density at radius 1 is 1.09 bits per heavy atom. The van der Waals surface area contributed by atoms with Crippen molar-refractivity contribution in [2.24, 2.45) is 0 Å². The number of fused-ring (bicyclic) bond motifs is 1. The van der Waals surface area contributed by atoms with Gasteiger partial charge in [0.15, 0.2) is 21.4 Å². The number of benzene rings is 3. The summed E-state index contributed by atoms with van der Waals surface area (Å²) >= 11 is 0. The zero-order valence-corrected chi connectivity index (χ0v) is 20.2. The zero-order valence-electron chi connectivity index (χ0n) is 19.4. The minimum atomic E-state index is -3.47. The van der Waals surface area contributed by atoms with Crippen LogP contribution in [-0.2, 0) is 32.3 Å². The Bertz CT molecular complexity index is 1330. The number of aliphatic carboxylic acids is 1. The number of nitrogens with one attached hydrogen (secondary N) is 1. The van der Waals surface area contributed by atoms with E-state index in [1.54, 1.807) is 25.1 Å². The molecule has 7 nitrogen and oxygen atoms in total. The van der Waals surface area contributed by atoms with E-state index in [1.807, 2.05) is 31.1 Å². The van der Waals surface area contributed by atoms with Crippen molar-refractivity contribution in [3.05, 3.63) is 77.6 Å². The lowest BCUT2D eigenvalue weighted by Crippen LogP contribution is -2.47. The summed E-state index contributed by atoms with van der Waals surface area (Å²) in [6.07, 6.45) is 0.511. The lowest BCUT2D eigenvalue weighted by molar-refractivity contribution is -0.142. The van der Waals surface area contributed by atoms with Crippen LogP contribution in [0.3, 0.4) is 0 Å². The summed E-state index contributed by atoms with van der Waals surface area (Å²) < 4.78 is 45.0. The number of carbonyl (C=O) groups is 2. The van der Waals surface area contributed by atoms with Crippen LogP contribution in [0, 0.1) is 5.82 Å². The molecule has 0 saturated heterocycles. The highest BCUT2D eigenvalue weighted by molar-refractivity contribution is 7.91. The second-order valence-corrected chi connectivity index (χ2v) is 10.4. The normalized spacial score (nSPS) is 13.8. The molecular weight excluding hydrogens is 473 g/mol. The molecule has 0 heterocycles. The number of methoxy groups -OCH3 is 1. The van der Waals surface area contributed by atoms with Crippen molar-refractivity contribution in [2.75, 3.05) is 18.2 Å². The largest absolute Gasteiger partial charge is 0.493 e. The number of halogens is 1. The van der Waals surface area contributed by atoms with Crippen LogP contribution in [0.15, 0.2) is 65.6 Å². The van der Waals surface area contributed by atoms with Crippen molar-refractivity contribution in [2.45, 2.75) is 30.2 Å². The van der Waals surface area contributed by atoms with Gasteiger partial charge in [-0.05, 0) is 34.9 Å². The van der Waals surface area contributed by atoms with Gasteiger partial charge in [0.1, 0.15) is 12.3 Å². The average molecular weight is 500 g/mol. The smallest absolute Gasteiger partial charge is 0.330 e. The van der Waals surface area contributed by atoms with Crippen LogP contribution in [0.25, 0.3) is 11.1 Å². The van der Waals surface area contributed by atoms with Crippen LogP contribution in [0.2, 0.25) is 0 Å². The fourth-order valence-electron chi connectivity index (χ4n) is 4.30.